The number of rotatable bonds is 6. The molecular weight excluding hydrogens is 566 g/mol. The van der Waals surface area contributed by atoms with Crippen molar-refractivity contribution in [1.82, 2.24) is 19.8 Å². The third kappa shape index (κ3) is 6.79. The molecule has 1 amide bonds. The molecule has 6 rings (SSSR count). The van der Waals surface area contributed by atoms with Crippen molar-refractivity contribution >= 4 is 28.4 Å². The summed E-state index contributed by atoms with van der Waals surface area (Å²) < 4.78 is 12.0. The maximum atomic E-state index is 13.1. The molecule has 3 aromatic rings. The van der Waals surface area contributed by atoms with Crippen molar-refractivity contribution in [2.75, 3.05) is 62.7 Å². The molecule has 2 fully saturated rings. The quantitative estimate of drug-likeness (QED) is 0.347. The zero-order chi connectivity index (χ0) is 31.7. The summed E-state index contributed by atoms with van der Waals surface area (Å²) in [7, 11) is 2.14. The highest BCUT2D eigenvalue weighted by atomic mass is 16.6. The molecule has 45 heavy (non-hydrogen) atoms. The van der Waals surface area contributed by atoms with Gasteiger partial charge in [0.2, 0.25) is 6.54 Å². The van der Waals surface area contributed by atoms with Crippen LogP contribution in [0.4, 0.5) is 16.3 Å². The number of hydrogen-bond donors (Lipinski definition) is 0. The lowest BCUT2D eigenvalue weighted by atomic mass is 10.00. The SMILES string of the molecule is [C-]#[N+]C[C@H]1CN(c2nc(OC[C@@H]3CCCN3C)nc3c2CCN(c2cc(C)cc4ccccc24)C3)CCN1C(=O)OC(C)(C)C. The number of likely N-dealkylation sites (N-methyl/N-ethyl adjacent to an activating group) is 1. The van der Waals surface area contributed by atoms with E-state index in [1.807, 2.05) is 20.8 Å². The van der Waals surface area contributed by atoms with Crippen LogP contribution in [0.25, 0.3) is 15.6 Å². The molecule has 0 aliphatic carbocycles. The molecule has 238 valence electrons. The lowest BCUT2D eigenvalue weighted by molar-refractivity contribution is 0.0155. The number of aromatic nitrogens is 2. The minimum absolute atomic E-state index is 0.203. The number of nitrogens with zero attached hydrogens (tertiary/aromatic N) is 7. The van der Waals surface area contributed by atoms with Crippen molar-refractivity contribution < 1.29 is 14.3 Å². The predicted octanol–water partition coefficient (Wildman–Crippen LogP) is 5.32. The van der Waals surface area contributed by atoms with Crippen LogP contribution in [0.3, 0.4) is 0 Å². The monoisotopic (exact) mass is 611 g/mol. The van der Waals surface area contributed by atoms with E-state index in [0.29, 0.717) is 44.8 Å². The molecule has 3 aliphatic rings. The number of ether oxygens (including phenoxy) is 2. The molecule has 0 bridgehead atoms. The summed E-state index contributed by atoms with van der Waals surface area (Å²) in [5.41, 5.74) is 3.95. The highest BCUT2D eigenvalue weighted by Crippen LogP contribution is 2.35. The third-order valence-corrected chi connectivity index (χ3v) is 9.14. The molecule has 10 heteroatoms. The molecular formula is C35H45N7O3. The molecule has 0 saturated carbocycles. The summed E-state index contributed by atoms with van der Waals surface area (Å²) in [5, 5.41) is 2.47. The normalized spacial score (nSPS) is 20.7. The zero-order valence-corrected chi connectivity index (χ0v) is 27.3. The number of fused-ring (bicyclic) bond motifs is 2. The number of benzene rings is 2. The van der Waals surface area contributed by atoms with Gasteiger partial charge in [0, 0.05) is 48.9 Å². The van der Waals surface area contributed by atoms with Crippen molar-refractivity contribution in [2.24, 2.45) is 0 Å². The molecule has 2 atom stereocenters. The van der Waals surface area contributed by atoms with E-state index >= 15 is 0 Å². The first-order chi connectivity index (χ1) is 21.6. The van der Waals surface area contributed by atoms with Gasteiger partial charge in [-0.25, -0.2) is 11.4 Å². The standard InChI is InChI=1S/C35H45N7O3/c1-24-18-25-10-7-8-12-28(25)31(19-24)40-15-13-29-30(22-40)37-33(44-23-26-11-9-14-39(26)6)38-32(29)41-16-17-42(27(21-41)20-36-5)34(43)45-35(2,3)4/h7-8,10,12,18-19,26-27H,9,11,13-17,20-23H2,1-4,6H3/t26-,27-/m0/s1. The minimum Gasteiger partial charge on any atom is -0.462 e. The lowest BCUT2D eigenvalue weighted by Gasteiger charge is -2.41. The van der Waals surface area contributed by atoms with Crippen molar-refractivity contribution in [3.8, 4) is 6.01 Å². The predicted molar refractivity (Wildman–Crippen MR) is 177 cm³/mol. The second-order valence-corrected chi connectivity index (χ2v) is 13.6. The molecule has 0 N–H and O–H groups in total. The maximum absolute atomic E-state index is 13.1. The van der Waals surface area contributed by atoms with Gasteiger partial charge >= 0.3 is 12.1 Å². The van der Waals surface area contributed by atoms with E-state index < -0.39 is 5.60 Å². The van der Waals surface area contributed by atoms with E-state index in [2.05, 4.69) is 69.9 Å². The summed E-state index contributed by atoms with van der Waals surface area (Å²) in [6.45, 7) is 20.2. The van der Waals surface area contributed by atoms with E-state index in [9.17, 15) is 4.79 Å². The first-order valence-corrected chi connectivity index (χ1v) is 16.1. The Morgan fingerprint density at radius 1 is 1.07 bits per heavy atom. The Kier molecular flexibility index (Phi) is 8.74. The van der Waals surface area contributed by atoms with Gasteiger partial charge in [0.25, 0.3) is 0 Å². The minimum atomic E-state index is -0.600. The Labute approximate surface area is 266 Å². The van der Waals surface area contributed by atoms with Crippen LogP contribution < -0.4 is 14.5 Å². The molecule has 0 spiro atoms. The van der Waals surface area contributed by atoms with Crippen molar-refractivity contribution in [3.05, 3.63) is 64.6 Å². The fourth-order valence-corrected chi connectivity index (χ4v) is 6.85. The second-order valence-electron chi connectivity index (χ2n) is 13.6. The maximum Gasteiger partial charge on any atom is 0.410 e. The van der Waals surface area contributed by atoms with Crippen LogP contribution in [0.15, 0.2) is 36.4 Å². The number of aryl methyl sites for hydroxylation is 1. The molecule has 2 aromatic carbocycles. The van der Waals surface area contributed by atoms with Gasteiger partial charge in [-0.2, -0.15) is 9.97 Å². The van der Waals surface area contributed by atoms with Crippen molar-refractivity contribution in [1.29, 1.82) is 0 Å². The number of anilines is 2. The van der Waals surface area contributed by atoms with Gasteiger partial charge in [0.15, 0.2) is 0 Å². The second kappa shape index (κ2) is 12.7. The van der Waals surface area contributed by atoms with Gasteiger partial charge in [-0.05, 0) is 77.6 Å². The van der Waals surface area contributed by atoms with Gasteiger partial charge in [-0.1, -0.05) is 30.3 Å². The van der Waals surface area contributed by atoms with Gasteiger partial charge in [0.05, 0.1) is 12.2 Å². The van der Waals surface area contributed by atoms with Crippen LogP contribution in [0.5, 0.6) is 6.01 Å². The van der Waals surface area contributed by atoms with E-state index in [4.69, 9.17) is 26.0 Å². The first kappa shape index (κ1) is 30.9. The summed E-state index contributed by atoms with van der Waals surface area (Å²) in [4.78, 5) is 35.5. The zero-order valence-electron chi connectivity index (χ0n) is 27.3. The fraction of sp³-hybridized carbons (Fsp3) is 0.543. The topological polar surface area (TPSA) is 78.6 Å². The average Bonchev–Trinajstić information content (AvgIpc) is 3.42. The number of amides is 1. The highest BCUT2D eigenvalue weighted by Gasteiger charge is 2.37. The van der Waals surface area contributed by atoms with Gasteiger partial charge < -0.3 is 29.0 Å². The van der Waals surface area contributed by atoms with Crippen LogP contribution >= 0.6 is 0 Å². The van der Waals surface area contributed by atoms with Crippen LogP contribution in [-0.4, -0.2) is 96.5 Å². The largest absolute Gasteiger partial charge is 0.462 e. The summed E-state index contributed by atoms with van der Waals surface area (Å²) in [5.74, 6) is 0.863. The highest BCUT2D eigenvalue weighted by molar-refractivity contribution is 5.95. The Hall–Kier alpha value is -4.10. The Balaban J connectivity index is 1.32. The van der Waals surface area contributed by atoms with Gasteiger partial charge in [-0.3, -0.25) is 4.90 Å². The number of piperazine rings is 1. The van der Waals surface area contributed by atoms with E-state index in [1.54, 1.807) is 4.90 Å². The Morgan fingerprint density at radius 2 is 1.89 bits per heavy atom. The summed E-state index contributed by atoms with van der Waals surface area (Å²) >= 11 is 0. The van der Waals surface area contributed by atoms with Crippen molar-refractivity contribution in [2.45, 2.75) is 71.2 Å². The van der Waals surface area contributed by atoms with Gasteiger partial charge in [-0.15, -0.1) is 0 Å². The first-order valence-electron chi connectivity index (χ1n) is 16.1. The molecule has 2 saturated heterocycles. The lowest BCUT2D eigenvalue weighted by Crippen LogP contribution is -2.57. The summed E-state index contributed by atoms with van der Waals surface area (Å²) in [6, 6.07) is 13.5. The molecule has 0 radical (unpaired) electrons. The molecule has 0 unspecified atom stereocenters. The molecule has 1 aromatic heterocycles. The van der Waals surface area contributed by atoms with Crippen LogP contribution in [0, 0.1) is 13.5 Å². The number of hydrogen-bond acceptors (Lipinski definition) is 8. The molecule has 3 aliphatic heterocycles. The number of likely N-dealkylation sites (tertiary alicyclic amines) is 1. The molecule has 10 nitrogen and oxygen atoms in total. The number of carbonyl (C=O) groups is 1. The Morgan fingerprint density at radius 3 is 2.64 bits per heavy atom. The van der Waals surface area contributed by atoms with Crippen LogP contribution in [0.1, 0.15) is 50.4 Å². The third-order valence-electron chi connectivity index (χ3n) is 9.14. The van der Waals surface area contributed by atoms with Crippen LogP contribution in [-0.2, 0) is 17.7 Å². The van der Waals surface area contributed by atoms with E-state index in [1.165, 1.54) is 28.4 Å². The molecule has 4 heterocycles. The Bertz CT molecular complexity index is 1600. The fourth-order valence-electron chi connectivity index (χ4n) is 6.85. The smallest absolute Gasteiger partial charge is 0.410 e. The van der Waals surface area contributed by atoms with Crippen molar-refractivity contribution in [3.63, 3.8) is 0 Å². The number of carbonyl (C=O) groups excluding carboxylic acids is 1. The van der Waals surface area contributed by atoms with E-state index in [-0.39, 0.29) is 18.7 Å². The van der Waals surface area contributed by atoms with Gasteiger partial charge in [0.1, 0.15) is 24.1 Å². The summed E-state index contributed by atoms with van der Waals surface area (Å²) in [6.07, 6.45) is 2.70. The van der Waals surface area contributed by atoms with E-state index in [0.717, 1.165) is 43.0 Å². The average molecular weight is 612 g/mol. The van der Waals surface area contributed by atoms with Crippen LogP contribution in [0.2, 0.25) is 0 Å².